The van der Waals surface area contributed by atoms with Crippen LogP contribution in [0.4, 0.5) is 4.39 Å². The van der Waals surface area contributed by atoms with Gasteiger partial charge in [0.1, 0.15) is 22.4 Å². The number of rotatable bonds is 6. The molecule has 2 N–H and O–H groups in total. The predicted octanol–water partition coefficient (Wildman–Crippen LogP) is 2.92. The molecule has 3 rings (SSSR count). The third kappa shape index (κ3) is 5.24. The van der Waals surface area contributed by atoms with Crippen LogP contribution >= 0.6 is 24.0 Å². The summed E-state index contributed by atoms with van der Waals surface area (Å²) in [6, 6.07) is 11.7. The van der Waals surface area contributed by atoms with Crippen molar-refractivity contribution in [2.45, 2.75) is 6.10 Å². The Morgan fingerprint density at radius 2 is 1.87 bits per heavy atom. The fourth-order valence-electron chi connectivity index (χ4n) is 2.77. The highest BCUT2D eigenvalue weighted by atomic mass is 32.2. The van der Waals surface area contributed by atoms with Gasteiger partial charge in [0.15, 0.2) is 0 Å². The van der Waals surface area contributed by atoms with E-state index in [1.807, 2.05) is 0 Å². The zero-order valence-corrected chi connectivity index (χ0v) is 17.6. The van der Waals surface area contributed by atoms with Crippen molar-refractivity contribution < 1.29 is 24.2 Å². The third-order valence-electron chi connectivity index (χ3n) is 4.49. The molecule has 1 aliphatic heterocycles. The molecule has 9 heteroatoms. The van der Waals surface area contributed by atoms with Crippen LogP contribution in [0.3, 0.4) is 0 Å². The van der Waals surface area contributed by atoms with Crippen molar-refractivity contribution in [3.8, 4) is 5.75 Å². The third-order valence-corrected chi connectivity index (χ3v) is 5.86. The number of thioether (sulfide) groups is 1. The van der Waals surface area contributed by atoms with Gasteiger partial charge in [-0.05, 0) is 41.5 Å². The largest absolute Gasteiger partial charge is 0.508 e. The summed E-state index contributed by atoms with van der Waals surface area (Å²) < 4.78 is 13.3. The van der Waals surface area contributed by atoms with Gasteiger partial charge < -0.3 is 15.1 Å². The molecule has 156 valence electrons. The number of likely N-dealkylation sites (N-methyl/N-ethyl adjacent to an activating group) is 1. The number of hydrogen-bond acceptors (Lipinski definition) is 6. The number of aromatic hydroxyl groups is 1. The van der Waals surface area contributed by atoms with Crippen molar-refractivity contribution in [2.24, 2.45) is 0 Å². The number of benzene rings is 2. The molecule has 0 saturated carbocycles. The van der Waals surface area contributed by atoms with E-state index in [9.17, 15) is 24.2 Å². The first-order chi connectivity index (χ1) is 14.2. The first-order valence-corrected chi connectivity index (χ1v) is 10.2. The summed E-state index contributed by atoms with van der Waals surface area (Å²) in [6.07, 6.45) is 0.658. The molecule has 1 aliphatic rings. The minimum Gasteiger partial charge on any atom is -0.508 e. The lowest BCUT2D eigenvalue weighted by molar-refractivity contribution is -0.135. The van der Waals surface area contributed by atoms with Crippen LogP contribution in [-0.2, 0) is 9.59 Å². The first kappa shape index (κ1) is 21.9. The molecule has 30 heavy (non-hydrogen) atoms. The number of phenolic OH excluding ortho intramolecular Hbond substituents is 1. The molecular weight excluding hydrogens is 427 g/mol. The number of aliphatic hydroxyl groups excluding tert-OH is 1. The molecule has 1 fully saturated rings. The number of carbonyl (C=O) groups is 2. The van der Waals surface area contributed by atoms with Crippen LogP contribution in [0.25, 0.3) is 6.08 Å². The molecular formula is C21H19FN2O4S2. The molecule has 0 bridgehead atoms. The van der Waals surface area contributed by atoms with Gasteiger partial charge in [0.25, 0.3) is 5.91 Å². The Balaban J connectivity index is 1.62. The molecule has 2 aromatic rings. The van der Waals surface area contributed by atoms with Gasteiger partial charge in [-0.15, -0.1) is 0 Å². The maximum Gasteiger partial charge on any atom is 0.266 e. The molecule has 6 nitrogen and oxygen atoms in total. The number of halogens is 1. The van der Waals surface area contributed by atoms with Crippen molar-refractivity contribution >= 4 is 46.2 Å². The summed E-state index contributed by atoms with van der Waals surface area (Å²) in [5.41, 5.74) is 1.21. The fourth-order valence-corrected chi connectivity index (χ4v) is 4.02. The van der Waals surface area contributed by atoms with Crippen molar-refractivity contribution in [3.05, 3.63) is 70.4 Å². The second-order valence-electron chi connectivity index (χ2n) is 6.70. The molecule has 2 aromatic carbocycles. The van der Waals surface area contributed by atoms with Gasteiger partial charge in [0.05, 0.1) is 17.6 Å². The van der Waals surface area contributed by atoms with Gasteiger partial charge in [-0.1, -0.05) is 48.2 Å². The molecule has 1 saturated heterocycles. The minimum absolute atomic E-state index is 0.0177. The van der Waals surface area contributed by atoms with Gasteiger partial charge >= 0.3 is 0 Å². The molecule has 0 radical (unpaired) electrons. The second kappa shape index (κ2) is 9.38. The van der Waals surface area contributed by atoms with Gasteiger partial charge in [-0.25, -0.2) is 4.39 Å². The number of aliphatic hydroxyl groups is 1. The van der Waals surface area contributed by atoms with Gasteiger partial charge in [0.2, 0.25) is 5.91 Å². The Labute approximate surface area is 182 Å². The quantitative estimate of drug-likeness (QED) is 0.525. The van der Waals surface area contributed by atoms with E-state index in [1.165, 1.54) is 41.1 Å². The summed E-state index contributed by atoms with van der Waals surface area (Å²) in [6.45, 7) is -0.228. The van der Waals surface area contributed by atoms with Gasteiger partial charge in [-0.3, -0.25) is 14.5 Å². The predicted molar refractivity (Wildman–Crippen MR) is 117 cm³/mol. The number of phenols is 1. The highest BCUT2D eigenvalue weighted by Crippen LogP contribution is 2.32. The number of amides is 2. The Morgan fingerprint density at radius 1 is 1.23 bits per heavy atom. The summed E-state index contributed by atoms with van der Waals surface area (Å²) in [5.74, 6) is -1.07. The smallest absolute Gasteiger partial charge is 0.266 e. The monoisotopic (exact) mass is 446 g/mol. The minimum atomic E-state index is -0.941. The van der Waals surface area contributed by atoms with E-state index < -0.39 is 12.0 Å². The van der Waals surface area contributed by atoms with Gasteiger partial charge in [0, 0.05) is 7.05 Å². The summed E-state index contributed by atoms with van der Waals surface area (Å²) in [5, 5.41) is 19.6. The lowest BCUT2D eigenvalue weighted by Crippen LogP contribution is -2.41. The van der Waals surface area contributed by atoms with Crippen LogP contribution in [0.5, 0.6) is 5.75 Å². The summed E-state index contributed by atoms with van der Waals surface area (Å²) in [7, 11) is 1.53. The Kier molecular flexibility index (Phi) is 6.86. The van der Waals surface area contributed by atoms with Crippen LogP contribution in [0.15, 0.2) is 53.4 Å². The van der Waals surface area contributed by atoms with E-state index in [1.54, 1.807) is 30.3 Å². The Morgan fingerprint density at radius 3 is 2.50 bits per heavy atom. The van der Waals surface area contributed by atoms with Crippen molar-refractivity contribution in [1.82, 2.24) is 9.80 Å². The molecule has 1 unspecified atom stereocenters. The molecule has 0 aromatic heterocycles. The summed E-state index contributed by atoms with van der Waals surface area (Å²) in [4.78, 5) is 28.1. The van der Waals surface area contributed by atoms with Crippen LogP contribution in [-0.4, -0.2) is 56.3 Å². The van der Waals surface area contributed by atoms with Crippen molar-refractivity contribution in [3.63, 3.8) is 0 Å². The molecule has 0 aliphatic carbocycles. The SMILES string of the molecule is CN(CC(O)c1ccc(O)cc1)C(=O)CN1C(=O)/C(=C/c2ccc(F)cc2)SC1=S. The molecule has 1 atom stereocenters. The van der Waals surface area contributed by atoms with E-state index in [0.29, 0.717) is 16.0 Å². The average Bonchev–Trinajstić information content (AvgIpc) is 2.97. The Hall–Kier alpha value is -2.75. The lowest BCUT2D eigenvalue weighted by Gasteiger charge is -2.23. The highest BCUT2D eigenvalue weighted by molar-refractivity contribution is 8.26. The van der Waals surface area contributed by atoms with E-state index in [2.05, 4.69) is 0 Å². The van der Waals surface area contributed by atoms with Crippen molar-refractivity contribution in [2.75, 3.05) is 20.1 Å². The van der Waals surface area contributed by atoms with E-state index >= 15 is 0 Å². The number of hydrogen-bond donors (Lipinski definition) is 2. The standard InChI is InChI=1S/C21H19FN2O4S2/c1-23(11-17(26)14-4-8-16(25)9-5-14)19(27)12-24-20(28)18(30-21(24)29)10-13-2-6-15(22)7-3-13/h2-10,17,25-26H,11-12H2,1H3/b18-10-. The summed E-state index contributed by atoms with van der Waals surface area (Å²) >= 11 is 6.31. The Bertz CT molecular complexity index is 993. The van der Waals surface area contributed by atoms with Crippen LogP contribution in [0, 0.1) is 5.82 Å². The zero-order chi connectivity index (χ0) is 21.8. The van der Waals surface area contributed by atoms with Gasteiger partial charge in [-0.2, -0.15) is 0 Å². The fraction of sp³-hybridized carbons (Fsp3) is 0.190. The maximum atomic E-state index is 13.0. The first-order valence-electron chi connectivity index (χ1n) is 8.96. The molecule has 1 heterocycles. The van der Waals surface area contributed by atoms with Crippen molar-refractivity contribution in [1.29, 1.82) is 0 Å². The number of nitrogens with zero attached hydrogens (tertiary/aromatic N) is 2. The molecule has 0 spiro atoms. The van der Waals surface area contributed by atoms with Crippen LogP contribution < -0.4 is 0 Å². The molecule has 2 amide bonds. The van der Waals surface area contributed by atoms with E-state index in [4.69, 9.17) is 12.2 Å². The van der Waals surface area contributed by atoms with E-state index in [-0.39, 0.29) is 34.9 Å². The highest BCUT2D eigenvalue weighted by Gasteiger charge is 2.34. The normalized spacial score (nSPS) is 16.2. The topological polar surface area (TPSA) is 81.1 Å². The second-order valence-corrected chi connectivity index (χ2v) is 8.38. The maximum absolute atomic E-state index is 13.0. The average molecular weight is 447 g/mol. The lowest BCUT2D eigenvalue weighted by atomic mass is 10.1. The number of thiocarbonyl (C=S) groups is 1. The van der Waals surface area contributed by atoms with E-state index in [0.717, 1.165) is 11.8 Å². The van der Waals surface area contributed by atoms with Crippen LogP contribution in [0.1, 0.15) is 17.2 Å². The zero-order valence-electron chi connectivity index (χ0n) is 16.0. The number of carbonyl (C=O) groups excluding carboxylic acids is 2. The van der Waals surface area contributed by atoms with Crippen LogP contribution in [0.2, 0.25) is 0 Å².